The zero-order valence-corrected chi connectivity index (χ0v) is 13.5. The van der Waals surface area contributed by atoms with Crippen molar-refractivity contribution >= 4 is 33.6 Å². The molecule has 2 nitrogen and oxygen atoms in total. The van der Waals surface area contributed by atoms with Gasteiger partial charge in [0.15, 0.2) is 0 Å². The zero-order valence-electron chi connectivity index (χ0n) is 11.1. The molecule has 100 valence electrons. The van der Waals surface area contributed by atoms with Crippen LogP contribution >= 0.6 is 27.7 Å². The maximum atomic E-state index is 12.1. The average Bonchev–Trinajstić information content (AvgIpc) is 2.32. The van der Waals surface area contributed by atoms with Gasteiger partial charge in [-0.05, 0) is 49.5 Å². The summed E-state index contributed by atoms with van der Waals surface area (Å²) in [7, 11) is 0. The first-order chi connectivity index (χ1) is 8.56. The second kappa shape index (κ2) is 7.85. The van der Waals surface area contributed by atoms with E-state index in [1.807, 2.05) is 36.9 Å². The second-order valence-corrected chi connectivity index (χ2v) is 6.52. The van der Waals surface area contributed by atoms with Crippen LogP contribution < -0.4 is 5.32 Å². The molecule has 0 aliphatic heterocycles. The van der Waals surface area contributed by atoms with Gasteiger partial charge in [0.1, 0.15) is 0 Å². The summed E-state index contributed by atoms with van der Waals surface area (Å²) in [5.74, 6) is 2.24. The Labute approximate surface area is 122 Å². The molecule has 1 aromatic carbocycles. The van der Waals surface area contributed by atoms with E-state index < -0.39 is 0 Å². The third kappa shape index (κ3) is 4.65. The van der Waals surface area contributed by atoms with Gasteiger partial charge in [0.2, 0.25) is 0 Å². The van der Waals surface area contributed by atoms with Crippen LogP contribution in [0.5, 0.6) is 0 Å². The highest BCUT2D eigenvalue weighted by molar-refractivity contribution is 9.10. The largest absolute Gasteiger partial charge is 0.350 e. The molecular formula is C14H20BrNOS. The van der Waals surface area contributed by atoms with Gasteiger partial charge in [0.25, 0.3) is 5.91 Å². The van der Waals surface area contributed by atoms with Crippen molar-refractivity contribution in [1.29, 1.82) is 0 Å². The SMILES string of the molecule is CCSCCC(C)NC(=O)c1cccc(Br)c1C. The number of hydrogen-bond acceptors (Lipinski definition) is 2. The van der Waals surface area contributed by atoms with Crippen LogP contribution in [0.1, 0.15) is 36.2 Å². The van der Waals surface area contributed by atoms with Crippen molar-refractivity contribution < 1.29 is 4.79 Å². The first kappa shape index (κ1) is 15.6. The number of benzene rings is 1. The van der Waals surface area contributed by atoms with Gasteiger partial charge in [0, 0.05) is 16.1 Å². The standard InChI is InChI=1S/C14H20BrNOS/c1-4-18-9-8-10(2)16-14(17)12-6-5-7-13(15)11(12)3/h5-7,10H,4,8-9H2,1-3H3,(H,16,17). The van der Waals surface area contributed by atoms with Gasteiger partial charge >= 0.3 is 0 Å². The third-order valence-electron chi connectivity index (χ3n) is 2.79. The van der Waals surface area contributed by atoms with E-state index in [2.05, 4.69) is 35.1 Å². The zero-order chi connectivity index (χ0) is 13.5. The number of thioether (sulfide) groups is 1. The van der Waals surface area contributed by atoms with Gasteiger partial charge in [-0.3, -0.25) is 4.79 Å². The fraction of sp³-hybridized carbons (Fsp3) is 0.500. The first-order valence-electron chi connectivity index (χ1n) is 6.20. The van der Waals surface area contributed by atoms with E-state index in [0.717, 1.165) is 33.5 Å². The van der Waals surface area contributed by atoms with Gasteiger partial charge < -0.3 is 5.32 Å². The van der Waals surface area contributed by atoms with Crippen molar-refractivity contribution in [2.24, 2.45) is 0 Å². The molecule has 0 bridgehead atoms. The fourth-order valence-corrected chi connectivity index (χ4v) is 2.81. The smallest absolute Gasteiger partial charge is 0.251 e. The monoisotopic (exact) mass is 329 g/mol. The van der Waals surface area contributed by atoms with Crippen LogP contribution in [-0.4, -0.2) is 23.5 Å². The number of carbonyl (C=O) groups excluding carboxylic acids is 1. The Morgan fingerprint density at radius 3 is 2.89 bits per heavy atom. The molecule has 0 fully saturated rings. The molecule has 1 atom stereocenters. The molecule has 0 saturated carbocycles. The van der Waals surface area contributed by atoms with Crippen molar-refractivity contribution in [3.63, 3.8) is 0 Å². The average molecular weight is 330 g/mol. The molecule has 0 saturated heterocycles. The van der Waals surface area contributed by atoms with Gasteiger partial charge in [-0.15, -0.1) is 0 Å². The van der Waals surface area contributed by atoms with E-state index in [9.17, 15) is 4.79 Å². The summed E-state index contributed by atoms with van der Waals surface area (Å²) in [5.41, 5.74) is 1.74. The minimum atomic E-state index is 0.0165. The predicted molar refractivity (Wildman–Crippen MR) is 83.4 cm³/mol. The molecule has 1 aromatic rings. The number of halogens is 1. The molecular weight excluding hydrogens is 310 g/mol. The van der Waals surface area contributed by atoms with Crippen LogP contribution in [0, 0.1) is 6.92 Å². The van der Waals surface area contributed by atoms with E-state index in [-0.39, 0.29) is 11.9 Å². The van der Waals surface area contributed by atoms with E-state index >= 15 is 0 Å². The molecule has 1 N–H and O–H groups in total. The molecule has 4 heteroatoms. The van der Waals surface area contributed by atoms with Crippen molar-refractivity contribution in [3.05, 3.63) is 33.8 Å². The molecule has 1 amide bonds. The lowest BCUT2D eigenvalue weighted by Crippen LogP contribution is -2.33. The molecule has 0 aliphatic carbocycles. The van der Waals surface area contributed by atoms with Gasteiger partial charge in [0.05, 0.1) is 0 Å². The molecule has 0 aliphatic rings. The van der Waals surface area contributed by atoms with Gasteiger partial charge in [-0.25, -0.2) is 0 Å². The summed E-state index contributed by atoms with van der Waals surface area (Å²) in [5, 5.41) is 3.05. The minimum Gasteiger partial charge on any atom is -0.350 e. The van der Waals surface area contributed by atoms with Crippen LogP contribution in [0.3, 0.4) is 0 Å². The quantitative estimate of drug-likeness (QED) is 0.798. The lowest BCUT2D eigenvalue weighted by molar-refractivity contribution is 0.0939. The Balaban J connectivity index is 2.57. The number of rotatable bonds is 6. The Hall–Kier alpha value is -0.480. The molecule has 1 rings (SSSR count). The highest BCUT2D eigenvalue weighted by Gasteiger charge is 2.12. The maximum absolute atomic E-state index is 12.1. The highest BCUT2D eigenvalue weighted by atomic mass is 79.9. The van der Waals surface area contributed by atoms with Gasteiger partial charge in [-0.2, -0.15) is 11.8 Å². The van der Waals surface area contributed by atoms with Crippen molar-refractivity contribution in [1.82, 2.24) is 5.32 Å². The Kier molecular flexibility index (Phi) is 6.79. The van der Waals surface area contributed by atoms with Gasteiger partial charge in [-0.1, -0.05) is 28.9 Å². The molecule has 0 aromatic heterocycles. The summed E-state index contributed by atoms with van der Waals surface area (Å²) in [6.07, 6.45) is 1.01. The van der Waals surface area contributed by atoms with E-state index in [0.29, 0.717) is 0 Å². The van der Waals surface area contributed by atoms with E-state index in [1.54, 1.807) is 0 Å². The molecule has 0 spiro atoms. The Bertz CT molecular complexity index is 409. The third-order valence-corrected chi connectivity index (χ3v) is 4.58. The summed E-state index contributed by atoms with van der Waals surface area (Å²) in [6, 6.07) is 5.93. The van der Waals surface area contributed by atoms with Crippen molar-refractivity contribution in [2.75, 3.05) is 11.5 Å². The lowest BCUT2D eigenvalue weighted by Gasteiger charge is -2.15. The molecule has 18 heavy (non-hydrogen) atoms. The van der Waals surface area contributed by atoms with Crippen LogP contribution in [0.25, 0.3) is 0 Å². The van der Waals surface area contributed by atoms with Crippen LogP contribution in [-0.2, 0) is 0 Å². The second-order valence-electron chi connectivity index (χ2n) is 4.27. The normalized spacial score (nSPS) is 12.2. The topological polar surface area (TPSA) is 29.1 Å². The predicted octanol–water partition coefficient (Wildman–Crippen LogP) is 4.02. The summed E-state index contributed by atoms with van der Waals surface area (Å²) in [6.45, 7) is 6.16. The maximum Gasteiger partial charge on any atom is 0.251 e. The van der Waals surface area contributed by atoms with Crippen LogP contribution in [0.4, 0.5) is 0 Å². The Morgan fingerprint density at radius 2 is 2.22 bits per heavy atom. The lowest BCUT2D eigenvalue weighted by atomic mass is 10.1. The van der Waals surface area contributed by atoms with E-state index in [4.69, 9.17) is 0 Å². The summed E-state index contributed by atoms with van der Waals surface area (Å²) < 4.78 is 0.976. The Morgan fingerprint density at radius 1 is 1.50 bits per heavy atom. The number of hydrogen-bond donors (Lipinski definition) is 1. The van der Waals surface area contributed by atoms with Crippen LogP contribution in [0.15, 0.2) is 22.7 Å². The summed E-state index contributed by atoms with van der Waals surface area (Å²) >= 11 is 5.35. The van der Waals surface area contributed by atoms with Crippen molar-refractivity contribution in [2.45, 2.75) is 33.2 Å². The number of nitrogens with one attached hydrogen (secondary N) is 1. The fourth-order valence-electron chi connectivity index (χ4n) is 1.63. The van der Waals surface area contributed by atoms with Crippen LogP contribution in [0.2, 0.25) is 0 Å². The molecule has 0 heterocycles. The molecule has 1 unspecified atom stereocenters. The molecule has 0 radical (unpaired) electrons. The van der Waals surface area contributed by atoms with E-state index in [1.165, 1.54) is 0 Å². The highest BCUT2D eigenvalue weighted by Crippen LogP contribution is 2.19. The van der Waals surface area contributed by atoms with Crippen molar-refractivity contribution in [3.8, 4) is 0 Å². The number of carbonyl (C=O) groups is 1. The summed E-state index contributed by atoms with van der Waals surface area (Å²) in [4.78, 5) is 12.1. The minimum absolute atomic E-state index is 0.0165. The first-order valence-corrected chi connectivity index (χ1v) is 8.14. The number of amides is 1.